The number of benzene rings is 2. The van der Waals surface area contributed by atoms with E-state index in [4.69, 9.17) is 0 Å². The molecule has 0 spiro atoms. The van der Waals surface area contributed by atoms with Crippen LogP contribution in [-0.2, 0) is 14.8 Å². The van der Waals surface area contributed by atoms with Crippen molar-refractivity contribution in [3.63, 3.8) is 0 Å². The van der Waals surface area contributed by atoms with Crippen LogP contribution >= 0.6 is 0 Å². The minimum Gasteiger partial charge on any atom is -0.303 e. The molecule has 29 heavy (non-hydrogen) atoms. The number of nitrogens with one attached hydrogen (secondary N) is 2. The molecule has 2 aromatic carbocycles. The van der Waals surface area contributed by atoms with Gasteiger partial charge in [0, 0.05) is 0 Å². The van der Waals surface area contributed by atoms with Gasteiger partial charge < -0.3 is 5.32 Å². The largest absolute Gasteiger partial charge is 0.435 e. The highest BCUT2D eigenvalue weighted by molar-refractivity contribution is 7.89. The van der Waals surface area contributed by atoms with Crippen molar-refractivity contribution in [3.8, 4) is 0 Å². The zero-order valence-electron chi connectivity index (χ0n) is 15.0. The molecule has 7 nitrogen and oxygen atoms in total. The van der Waals surface area contributed by atoms with Crippen LogP contribution in [0.25, 0.3) is 0 Å². The fourth-order valence-electron chi connectivity index (χ4n) is 2.96. The van der Waals surface area contributed by atoms with Gasteiger partial charge in [-0.1, -0.05) is 48.5 Å². The Morgan fingerprint density at radius 3 is 2.03 bits per heavy atom. The third-order valence-corrected chi connectivity index (χ3v) is 5.96. The molecule has 2 aromatic rings. The van der Waals surface area contributed by atoms with Gasteiger partial charge >= 0.3 is 12.2 Å². The molecule has 3 amide bonds. The van der Waals surface area contributed by atoms with Gasteiger partial charge in [-0.2, -0.15) is 17.9 Å². The Kier molecular flexibility index (Phi) is 5.13. The fraction of sp³-hybridized carbons (Fsp3) is 0.222. The van der Waals surface area contributed by atoms with Crippen LogP contribution in [0, 0.1) is 0 Å². The molecule has 1 saturated heterocycles. The highest BCUT2D eigenvalue weighted by atomic mass is 32.2. The van der Waals surface area contributed by atoms with Crippen LogP contribution in [-0.4, -0.2) is 37.1 Å². The molecular formula is C18H16F3N3O4S. The van der Waals surface area contributed by atoms with Gasteiger partial charge in [-0.25, -0.2) is 13.2 Å². The smallest absolute Gasteiger partial charge is 0.303 e. The minimum atomic E-state index is -5.44. The molecule has 11 heteroatoms. The first-order valence-corrected chi connectivity index (χ1v) is 9.84. The molecular weight excluding hydrogens is 411 g/mol. The third-order valence-electron chi connectivity index (χ3n) is 4.49. The summed E-state index contributed by atoms with van der Waals surface area (Å²) in [6, 6.07) is 11.7. The van der Waals surface area contributed by atoms with Gasteiger partial charge in [-0.05, 0) is 24.6 Å². The van der Waals surface area contributed by atoms with Crippen molar-refractivity contribution in [2.24, 2.45) is 0 Å². The average molecular weight is 427 g/mol. The second kappa shape index (κ2) is 7.16. The maximum Gasteiger partial charge on any atom is 0.435 e. The molecule has 0 radical (unpaired) electrons. The van der Waals surface area contributed by atoms with E-state index < -0.39 is 44.7 Å². The van der Waals surface area contributed by atoms with E-state index in [2.05, 4.69) is 0 Å². The molecule has 154 valence electrons. The standard InChI is InChI=1S/C18H16F3N3O4S/c1-12(13-8-4-2-5-9-13)24-15(25)17(18(19,20)21,22-16(24)26)23-29(27,28)14-10-6-3-7-11-14/h2-12,23H,1H3,(H,22,26). The summed E-state index contributed by atoms with van der Waals surface area (Å²) < 4.78 is 68.2. The summed E-state index contributed by atoms with van der Waals surface area (Å²) in [5, 5.41) is 1.51. The number of hydrogen-bond donors (Lipinski definition) is 2. The van der Waals surface area contributed by atoms with Crippen molar-refractivity contribution in [2.75, 3.05) is 0 Å². The van der Waals surface area contributed by atoms with Gasteiger partial charge in [0.1, 0.15) is 0 Å². The number of hydrogen-bond acceptors (Lipinski definition) is 4. The fourth-order valence-corrected chi connectivity index (χ4v) is 4.25. The van der Waals surface area contributed by atoms with Gasteiger partial charge in [0.05, 0.1) is 10.9 Å². The minimum absolute atomic E-state index is 0.357. The number of sulfonamides is 1. The Morgan fingerprint density at radius 1 is 1.00 bits per heavy atom. The quantitative estimate of drug-likeness (QED) is 0.717. The number of rotatable bonds is 5. The normalized spacial score (nSPS) is 21.2. The molecule has 2 N–H and O–H groups in total. The summed E-state index contributed by atoms with van der Waals surface area (Å²) in [4.78, 5) is 25.0. The predicted octanol–water partition coefficient (Wildman–Crippen LogP) is 2.54. The van der Waals surface area contributed by atoms with Crippen molar-refractivity contribution in [3.05, 3.63) is 66.2 Å². The van der Waals surface area contributed by atoms with Crippen molar-refractivity contribution in [1.29, 1.82) is 0 Å². The van der Waals surface area contributed by atoms with Crippen LogP contribution < -0.4 is 10.0 Å². The Labute approximate surface area is 164 Å². The van der Waals surface area contributed by atoms with Crippen molar-refractivity contribution >= 4 is 22.0 Å². The molecule has 2 unspecified atom stereocenters. The lowest BCUT2D eigenvalue weighted by atomic mass is 10.1. The summed E-state index contributed by atoms with van der Waals surface area (Å²) in [5.41, 5.74) is -3.41. The Balaban J connectivity index is 2.04. The van der Waals surface area contributed by atoms with E-state index in [1.54, 1.807) is 18.2 Å². The first-order valence-electron chi connectivity index (χ1n) is 8.36. The molecule has 0 saturated carbocycles. The number of imide groups is 1. The van der Waals surface area contributed by atoms with Crippen LogP contribution in [0.1, 0.15) is 18.5 Å². The summed E-state index contributed by atoms with van der Waals surface area (Å²) >= 11 is 0. The molecule has 1 fully saturated rings. The van der Waals surface area contributed by atoms with Gasteiger partial charge in [0.15, 0.2) is 0 Å². The second-order valence-corrected chi connectivity index (χ2v) is 8.04. The second-order valence-electron chi connectivity index (χ2n) is 6.36. The van der Waals surface area contributed by atoms with Gasteiger partial charge in [-0.15, -0.1) is 0 Å². The monoisotopic (exact) mass is 427 g/mol. The maximum absolute atomic E-state index is 13.9. The summed E-state index contributed by atoms with van der Waals surface area (Å²) in [6.07, 6.45) is -5.44. The number of carbonyl (C=O) groups excluding carboxylic acids is 2. The Bertz CT molecular complexity index is 1030. The lowest BCUT2D eigenvalue weighted by Crippen LogP contribution is -2.69. The number of nitrogens with zero attached hydrogens (tertiary/aromatic N) is 1. The molecule has 1 heterocycles. The molecule has 2 atom stereocenters. The first-order chi connectivity index (χ1) is 13.5. The number of alkyl halides is 3. The SMILES string of the molecule is CC(c1ccccc1)N1C(=O)NC(NS(=O)(=O)c2ccccc2)(C(F)(F)F)C1=O. The molecule has 1 aliphatic heterocycles. The van der Waals surface area contributed by atoms with Crippen LogP contribution in [0.2, 0.25) is 0 Å². The molecule has 0 aliphatic carbocycles. The number of halogens is 3. The van der Waals surface area contributed by atoms with Crippen LogP contribution in [0.4, 0.5) is 18.0 Å². The van der Waals surface area contributed by atoms with Crippen LogP contribution in [0.5, 0.6) is 0 Å². The molecule has 1 aliphatic rings. The van der Waals surface area contributed by atoms with Crippen molar-refractivity contribution in [2.45, 2.75) is 29.7 Å². The zero-order chi connectivity index (χ0) is 21.4. The number of urea groups is 1. The number of amides is 3. The van der Waals surface area contributed by atoms with E-state index in [9.17, 15) is 31.2 Å². The zero-order valence-corrected chi connectivity index (χ0v) is 15.8. The van der Waals surface area contributed by atoms with E-state index >= 15 is 0 Å². The highest BCUT2D eigenvalue weighted by Gasteiger charge is 2.70. The summed E-state index contributed by atoms with van der Waals surface area (Å²) in [7, 11) is -4.79. The van der Waals surface area contributed by atoms with Gasteiger partial charge in [0.25, 0.3) is 11.6 Å². The van der Waals surface area contributed by atoms with Crippen LogP contribution in [0.3, 0.4) is 0 Å². The first kappa shape index (κ1) is 20.8. The molecule has 0 bridgehead atoms. The lowest BCUT2D eigenvalue weighted by molar-refractivity contribution is -0.198. The lowest BCUT2D eigenvalue weighted by Gasteiger charge is -2.30. The topological polar surface area (TPSA) is 95.6 Å². The highest BCUT2D eigenvalue weighted by Crippen LogP contribution is 2.38. The van der Waals surface area contributed by atoms with E-state index in [0.29, 0.717) is 10.5 Å². The van der Waals surface area contributed by atoms with E-state index in [1.165, 1.54) is 47.3 Å². The maximum atomic E-state index is 13.9. The van der Waals surface area contributed by atoms with Crippen molar-refractivity contribution in [1.82, 2.24) is 14.9 Å². The Morgan fingerprint density at radius 2 is 1.52 bits per heavy atom. The van der Waals surface area contributed by atoms with Gasteiger partial charge in [0.2, 0.25) is 10.0 Å². The Hall–Kier alpha value is -2.92. The van der Waals surface area contributed by atoms with E-state index in [-0.39, 0.29) is 0 Å². The molecule has 0 aromatic heterocycles. The third kappa shape index (κ3) is 3.58. The van der Waals surface area contributed by atoms with Crippen molar-refractivity contribution < 1.29 is 31.2 Å². The molecule has 3 rings (SSSR count). The van der Waals surface area contributed by atoms with Crippen LogP contribution in [0.15, 0.2) is 65.6 Å². The van der Waals surface area contributed by atoms with E-state index in [1.807, 2.05) is 0 Å². The predicted molar refractivity (Wildman–Crippen MR) is 95.8 cm³/mol. The average Bonchev–Trinajstić information content (AvgIpc) is 2.92. The van der Waals surface area contributed by atoms with E-state index in [0.717, 1.165) is 12.1 Å². The summed E-state index contributed by atoms with van der Waals surface area (Å²) in [5.74, 6) is -1.76. The summed E-state index contributed by atoms with van der Waals surface area (Å²) in [6.45, 7) is 1.37. The van der Waals surface area contributed by atoms with Gasteiger partial charge in [-0.3, -0.25) is 9.69 Å². The number of carbonyl (C=O) groups is 2.